The van der Waals surface area contributed by atoms with Crippen molar-refractivity contribution >= 4 is 16.7 Å². The molecule has 144 valence electrons. The lowest BCUT2D eigenvalue weighted by Crippen LogP contribution is -2.04. The first-order chi connectivity index (χ1) is 12.2. The van der Waals surface area contributed by atoms with Crippen molar-refractivity contribution in [2.45, 2.75) is 77.6 Å². The molecule has 0 unspecified atom stereocenters. The Hall–Kier alpha value is -1.87. The Kier molecular flexibility index (Phi) is 10.6. The molecular formula is C23H35NO2. The van der Waals surface area contributed by atoms with Gasteiger partial charge in [-0.25, -0.2) is 4.79 Å². The number of carbonyl (C=O) groups is 1. The summed E-state index contributed by atoms with van der Waals surface area (Å²) < 4.78 is 0. The molecule has 0 spiro atoms. The normalized spacial score (nSPS) is 10.7. The van der Waals surface area contributed by atoms with Crippen LogP contribution in [0.3, 0.4) is 0 Å². The Morgan fingerprint density at radius 3 is 2.00 bits per heavy atom. The van der Waals surface area contributed by atoms with E-state index >= 15 is 0 Å². The summed E-state index contributed by atoms with van der Waals surface area (Å²) >= 11 is 0. The smallest absolute Gasteiger partial charge is 0.336 e. The van der Waals surface area contributed by atoms with E-state index in [2.05, 4.69) is 6.92 Å². The average molecular weight is 358 g/mol. The summed E-state index contributed by atoms with van der Waals surface area (Å²) in [4.78, 5) is 11.7. The Balaban J connectivity index is 0.00000338. The van der Waals surface area contributed by atoms with Crippen molar-refractivity contribution in [2.24, 2.45) is 0 Å². The number of fused-ring (bicyclic) bond motifs is 1. The van der Waals surface area contributed by atoms with Gasteiger partial charge in [0, 0.05) is 0 Å². The molecule has 2 rings (SSSR count). The Morgan fingerprint density at radius 1 is 0.808 bits per heavy atom. The number of hydrogen-bond acceptors (Lipinski definition) is 2. The molecule has 0 fully saturated rings. The first-order valence-corrected chi connectivity index (χ1v) is 9.98. The second kappa shape index (κ2) is 12.5. The van der Waals surface area contributed by atoms with Gasteiger partial charge in [0.2, 0.25) is 0 Å². The van der Waals surface area contributed by atoms with Gasteiger partial charge in [0.25, 0.3) is 0 Å². The van der Waals surface area contributed by atoms with Crippen LogP contribution in [-0.2, 0) is 6.42 Å². The van der Waals surface area contributed by atoms with Crippen LogP contribution in [0, 0.1) is 0 Å². The molecule has 0 radical (unpaired) electrons. The van der Waals surface area contributed by atoms with Crippen molar-refractivity contribution in [3.63, 3.8) is 0 Å². The standard InChI is InChI=1S/C23H32O2.H3N/c1-2-3-4-5-6-7-8-9-10-11-15-20-18-17-19-14-12-13-16-21(19)22(20)23(24)25;/h12-14,16-18H,2-11,15H2,1H3,(H,24,25);1H3. The lowest BCUT2D eigenvalue weighted by molar-refractivity contribution is 0.0698. The highest BCUT2D eigenvalue weighted by Gasteiger charge is 2.13. The lowest BCUT2D eigenvalue weighted by atomic mass is 9.95. The molecule has 26 heavy (non-hydrogen) atoms. The van der Waals surface area contributed by atoms with Gasteiger partial charge >= 0.3 is 5.97 Å². The lowest BCUT2D eigenvalue weighted by Gasteiger charge is -2.10. The summed E-state index contributed by atoms with van der Waals surface area (Å²) in [7, 11) is 0. The molecule has 2 aromatic rings. The van der Waals surface area contributed by atoms with Gasteiger partial charge in [-0.05, 0) is 29.2 Å². The van der Waals surface area contributed by atoms with E-state index in [0.717, 1.165) is 29.2 Å². The van der Waals surface area contributed by atoms with Crippen LogP contribution in [-0.4, -0.2) is 11.1 Å². The fourth-order valence-corrected chi connectivity index (χ4v) is 3.58. The number of aryl methyl sites for hydroxylation is 1. The molecule has 0 aliphatic rings. The molecular weight excluding hydrogens is 322 g/mol. The summed E-state index contributed by atoms with van der Waals surface area (Å²) in [6.07, 6.45) is 13.9. The zero-order valence-electron chi connectivity index (χ0n) is 16.3. The van der Waals surface area contributed by atoms with E-state index < -0.39 is 5.97 Å². The number of carboxylic acid groups (broad SMARTS) is 1. The minimum absolute atomic E-state index is 0. The summed E-state index contributed by atoms with van der Waals surface area (Å²) in [5.74, 6) is -0.807. The van der Waals surface area contributed by atoms with E-state index in [1.807, 2.05) is 36.4 Å². The van der Waals surface area contributed by atoms with Gasteiger partial charge in [0.15, 0.2) is 0 Å². The second-order valence-electron chi connectivity index (χ2n) is 7.06. The van der Waals surface area contributed by atoms with Gasteiger partial charge in [-0.3, -0.25) is 0 Å². The third kappa shape index (κ3) is 6.80. The monoisotopic (exact) mass is 357 g/mol. The molecule has 0 aliphatic heterocycles. The fourth-order valence-electron chi connectivity index (χ4n) is 3.58. The van der Waals surface area contributed by atoms with Crippen molar-refractivity contribution in [3.05, 3.63) is 47.5 Å². The number of unbranched alkanes of at least 4 members (excludes halogenated alkanes) is 9. The third-order valence-corrected chi connectivity index (χ3v) is 5.03. The predicted octanol–water partition coefficient (Wildman–Crippen LogP) is 7.16. The quantitative estimate of drug-likeness (QED) is 0.396. The molecule has 3 nitrogen and oxygen atoms in total. The van der Waals surface area contributed by atoms with E-state index in [9.17, 15) is 9.90 Å². The molecule has 3 heteroatoms. The minimum atomic E-state index is -0.807. The molecule has 2 aromatic carbocycles. The van der Waals surface area contributed by atoms with Crippen LogP contribution in [0.15, 0.2) is 36.4 Å². The number of carboxylic acids is 1. The molecule has 0 aliphatic carbocycles. The molecule has 0 bridgehead atoms. The summed E-state index contributed by atoms with van der Waals surface area (Å²) in [5.41, 5.74) is 1.47. The van der Waals surface area contributed by atoms with Crippen molar-refractivity contribution in [2.75, 3.05) is 0 Å². The summed E-state index contributed by atoms with van der Waals surface area (Å²) in [6, 6.07) is 11.8. The number of aromatic carboxylic acids is 1. The van der Waals surface area contributed by atoms with Crippen LogP contribution < -0.4 is 6.15 Å². The maximum Gasteiger partial charge on any atom is 0.336 e. The van der Waals surface area contributed by atoms with Gasteiger partial charge in [-0.15, -0.1) is 0 Å². The zero-order valence-corrected chi connectivity index (χ0v) is 16.3. The zero-order chi connectivity index (χ0) is 17.9. The van der Waals surface area contributed by atoms with Crippen molar-refractivity contribution in [1.82, 2.24) is 6.15 Å². The van der Waals surface area contributed by atoms with Gasteiger partial charge in [0.05, 0.1) is 5.56 Å². The molecule has 0 saturated carbocycles. The van der Waals surface area contributed by atoms with Crippen LogP contribution in [0.2, 0.25) is 0 Å². The molecule has 0 atom stereocenters. The SMILES string of the molecule is CCCCCCCCCCCCc1ccc2ccccc2c1C(=O)O.N. The van der Waals surface area contributed by atoms with E-state index in [1.54, 1.807) is 0 Å². The van der Waals surface area contributed by atoms with Crippen LogP contribution in [0.5, 0.6) is 0 Å². The highest BCUT2D eigenvalue weighted by atomic mass is 16.4. The Morgan fingerprint density at radius 2 is 1.38 bits per heavy atom. The maximum absolute atomic E-state index is 11.7. The van der Waals surface area contributed by atoms with Crippen LogP contribution >= 0.6 is 0 Å². The summed E-state index contributed by atoms with van der Waals surface area (Å²) in [5, 5.41) is 11.5. The molecule has 0 amide bonds. The predicted molar refractivity (Wildman–Crippen MR) is 111 cm³/mol. The molecule has 0 heterocycles. The summed E-state index contributed by atoms with van der Waals surface area (Å²) in [6.45, 7) is 2.26. The Bertz CT molecular complexity index is 666. The second-order valence-corrected chi connectivity index (χ2v) is 7.06. The highest BCUT2D eigenvalue weighted by molar-refractivity contribution is 6.05. The number of benzene rings is 2. The Labute approximate surface area is 158 Å². The molecule has 0 saturated heterocycles. The molecule has 4 N–H and O–H groups in total. The highest BCUT2D eigenvalue weighted by Crippen LogP contribution is 2.24. The first-order valence-electron chi connectivity index (χ1n) is 9.98. The minimum Gasteiger partial charge on any atom is -0.478 e. The van der Waals surface area contributed by atoms with Crippen molar-refractivity contribution < 1.29 is 9.90 Å². The van der Waals surface area contributed by atoms with Crippen LogP contribution in [0.1, 0.15) is 87.1 Å². The van der Waals surface area contributed by atoms with Crippen LogP contribution in [0.25, 0.3) is 10.8 Å². The first kappa shape index (κ1) is 22.2. The average Bonchev–Trinajstić information content (AvgIpc) is 2.62. The van der Waals surface area contributed by atoms with E-state index in [1.165, 1.54) is 57.8 Å². The number of rotatable bonds is 12. The van der Waals surface area contributed by atoms with Gasteiger partial charge < -0.3 is 11.3 Å². The fraction of sp³-hybridized carbons (Fsp3) is 0.522. The third-order valence-electron chi connectivity index (χ3n) is 5.03. The van der Waals surface area contributed by atoms with Crippen molar-refractivity contribution in [3.8, 4) is 0 Å². The topological polar surface area (TPSA) is 72.3 Å². The molecule has 0 aromatic heterocycles. The van der Waals surface area contributed by atoms with Crippen LogP contribution in [0.4, 0.5) is 0 Å². The largest absolute Gasteiger partial charge is 0.478 e. The maximum atomic E-state index is 11.7. The van der Waals surface area contributed by atoms with E-state index in [-0.39, 0.29) is 6.15 Å². The van der Waals surface area contributed by atoms with Gasteiger partial charge in [0.1, 0.15) is 0 Å². The number of hydrogen-bond donors (Lipinski definition) is 2. The van der Waals surface area contributed by atoms with Gasteiger partial charge in [-0.2, -0.15) is 0 Å². The van der Waals surface area contributed by atoms with E-state index in [4.69, 9.17) is 0 Å². The van der Waals surface area contributed by atoms with E-state index in [0.29, 0.717) is 5.56 Å². The van der Waals surface area contributed by atoms with Gasteiger partial charge in [-0.1, -0.05) is 101 Å². The van der Waals surface area contributed by atoms with Crippen molar-refractivity contribution in [1.29, 1.82) is 0 Å².